The molecule has 3 nitrogen and oxygen atoms in total. The molecular formula is C27H36ClN3. The first-order chi connectivity index (χ1) is 14.7. The van der Waals surface area contributed by atoms with Crippen molar-refractivity contribution in [2.45, 2.75) is 65.3 Å². The van der Waals surface area contributed by atoms with Crippen LogP contribution >= 0.6 is 12.4 Å². The number of rotatable bonds is 4. The maximum Gasteiger partial charge on any atom is 0.153 e. The predicted octanol–water partition coefficient (Wildman–Crippen LogP) is 6.92. The van der Waals surface area contributed by atoms with E-state index in [-0.39, 0.29) is 12.4 Å². The zero-order chi connectivity index (χ0) is 20.5. The molecule has 2 aromatic heterocycles. The van der Waals surface area contributed by atoms with Gasteiger partial charge in [0.1, 0.15) is 0 Å². The summed E-state index contributed by atoms with van der Waals surface area (Å²) in [5.74, 6) is 2.98. The second-order valence-electron chi connectivity index (χ2n) is 9.56. The highest BCUT2D eigenvalue weighted by atomic mass is 35.5. The van der Waals surface area contributed by atoms with Gasteiger partial charge in [-0.15, -0.1) is 12.4 Å². The van der Waals surface area contributed by atoms with E-state index in [1.54, 1.807) is 0 Å². The molecule has 2 fully saturated rings. The van der Waals surface area contributed by atoms with E-state index in [0.717, 1.165) is 24.9 Å². The number of halogens is 1. The highest BCUT2D eigenvalue weighted by molar-refractivity contribution is 5.93. The van der Waals surface area contributed by atoms with Crippen molar-refractivity contribution in [1.82, 2.24) is 9.55 Å². The number of aryl methyl sites for hydroxylation is 1. The average molecular weight is 438 g/mol. The van der Waals surface area contributed by atoms with Gasteiger partial charge in [0.05, 0.1) is 5.52 Å². The summed E-state index contributed by atoms with van der Waals surface area (Å²) in [7, 11) is 0. The third kappa shape index (κ3) is 4.35. The van der Waals surface area contributed by atoms with Crippen LogP contribution in [0.2, 0.25) is 0 Å². The summed E-state index contributed by atoms with van der Waals surface area (Å²) in [4.78, 5) is 7.59. The van der Waals surface area contributed by atoms with Crippen LogP contribution in [0, 0.1) is 25.7 Å². The fourth-order valence-electron chi connectivity index (χ4n) is 5.96. The Labute approximate surface area is 193 Å². The Morgan fingerprint density at radius 2 is 1.65 bits per heavy atom. The number of hydrogen-bond donors (Lipinski definition) is 0. The Kier molecular flexibility index (Phi) is 6.91. The molecule has 1 saturated carbocycles. The molecule has 3 heterocycles. The molecule has 2 aliphatic rings. The van der Waals surface area contributed by atoms with Crippen LogP contribution in [0.1, 0.15) is 61.8 Å². The number of fused-ring (bicyclic) bond motifs is 1. The lowest BCUT2D eigenvalue weighted by Crippen LogP contribution is -2.39. The van der Waals surface area contributed by atoms with Gasteiger partial charge in [0.15, 0.2) is 5.82 Å². The number of piperidine rings is 1. The van der Waals surface area contributed by atoms with E-state index in [1.807, 2.05) is 6.20 Å². The normalized spacial score (nSPS) is 20.1. The van der Waals surface area contributed by atoms with Crippen LogP contribution in [0.5, 0.6) is 0 Å². The minimum Gasteiger partial charge on any atom is -0.355 e. The van der Waals surface area contributed by atoms with Crippen LogP contribution < -0.4 is 4.90 Å². The second-order valence-corrected chi connectivity index (χ2v) is 9.56. The van der Waals surface area contributed by atoms with E-state index in [4.69, 9.17) is 4.98 Å². The number of hydrogen-bond acceptors (Lipinski definition) is 2. The average Bonchev–Trinajstić information content (AvgIpc) is 3.05. The molecule has 1 unspecified atom stereocenters. The Morgan fingerprint density at radius 1 is 0.903 bits per heavy atom. The molecule has 0 bridgehead atoms. The molecule has 31 heavy (non-hydrogen) atoms. The zero-order valence-corrected chi connectivity index (χ0v) is 19.8. The summed E-state index contributed by atoms with van der Waals surface area (Å²) in [6.45, 7) is 7.78. The predicted molar refractivity (Wildman–Crippen MR) is 134 cm³/mol. The van der Waals surface area contributed by atoms with E-state index in [9.17, 15) is 0 Å². The molecule has 1 saturated heterocycles. The monoisotopic (exact) mass is 437 g/mol. The van der Waals surface area contributed by atoms with E-state index in [1.165, 1.54) is 85.0 Å². The minimum absolute atomic E-state index is 0. The molecule has 1 aliphatic heterocycles. The van der Waals surface area contributed by atoms with Crippen molar-refractivity contribution >= 4 is 29.1 Å². The van der Waals surface area contributed by atoms with Crippen molar-refractivity contribution in [3.8, 4) is 0 Å². The molecule has 0 amide bonds. The Hall–Kier alpha value is -2.00. The van der Waals surface area contributed by atoms with Crippen molar-refractivity contribution in [1.29, 1.82) is 0 Å². The molecule has 1 aliphatic carbocycles. The van der Waals surface area contributed by atoms with Crippen LogP contribution in [0.4, 0.5) is 5.82 Å². The first kappa shape index (κ1) is 22.2. The van der Waals surface area contributed by atoms with E-state index in [0.29, 0.717) is 0 Å². The van der Waals surface area contributed by atoms with Gasteiger partial charge in [-0.25, -0.2) is 4.98 Å². The van der Waals surface area contributed by atoms with Crippen molar-refractivity contribution in [3.05, 3.63) is 59.4 Å². The Bertz CT molecular complexity index is 1000. The quantitative estimate of drug-likeness (QED) is 0.441. The summed E-state index contributed by atoms with van der Waals surface area (Å²) in [6, 6.07) is 13.1. The zero-order valence-electron chi connectivity index (χ0n) is 19.0. The first-order valence-electron chi connectivity index (χ1n) is 12.0. The van der Waals surface area contributed by atoms with Gasteiger partial charge in [0.2, 0.25) is 0 Å². The molecule has 0 radical (unpaired) electrons. The third-order valence-corrected chi connectivity index (χ3v) is 7.78. The van der Waals surface area contributed by atoms with Gasteiger partial charge in [0.25, 0.3) is 0 Å². The van der Waals surface area contributed by atoms with E-state index in [2.05, 4.69) is 59.7 Å². The summed E-state index contributed by atoms with van der Waals surface area (Å²) in [5.41, 5.74) is 5.45. The molecule has 166 valence electrons. The van der Waals surface area contributed by atoms with Crippen molar-refractivity contribution in [2.75, 3.05) is 18.0 Å². The van der Waals surface area contributed by atoms with E-state index >= 15 is 0 Å². The molecule has 3 aromatic rings. The van der Waals surface area contributed by atoms with Crippen molar-refractivity contribution in [3.63, 3.8) is 0 Å². The molecule has 5 rings (SSSR count). The number of pyridine rings is 1. The van der Waals surface area contributed by atoms with Crippen molar-refractivity contribution < 1.29 is 0 Å². The van der Waals surface area contributed by atoms with Crippen LogP contribution in [-0.2, 0) is 6.54 Å². The maximum atomic E-state index is 4.97. The van der Waals surface area contributed by atoms with Crippen LogP contribution in [0.25, 0.3) is 10.9 Å². The van der Waals surface area contributed by atoms with Gasteiger partial charge < -0.3 is 9.47 Å². The number of aromatic nitrogens is 2. The van der Waals surface area contributed by atoms with Gasteiger partial charge >= 0.3 is 0 Å². The number of nitrogens with zero attached hydrogens (tertiary/aromatic N) is 3. The number of benzene rings is 1. The van der Waals surface area contributed by atoms with Gasteiger partial charge in [0, 0.05) is 36.9 Å². The SMILES string of the molecule is Cc1c(C)n(Cc2ccccc2)c2c(N3CCCC(C4CCCCC4)C3)nccc12.Cl. The summed E-state index contributed by atoms with van der Waals surface area (Å²) in [6.07, 6.45) is 11.9. The van der Waals surface area contributed by atoms with Crippen LogP contribution in [-0.4, -0.2) is 22.6 Å². The first-order valence-corrected chi connectivity index (χ1v) is 12.0. The van der Waals surface area contributed by atoms with Crippen molar-refractivity contribution in [2.24, 2.45) is 11.8 Å². The molecule has 0 N–H and O–H groups in total. The summed E-state index contributed by atoms with van der Waals surface area (Å²) < 4.78 is 2.51. The lowest BCUT2D eigenvalue weighted by molar-refractivity contribution is 0.220. The molecule has 1 aromatic carbocycles. The molecule has 1 atom stereocenters. The fourth-order valence-corrected chi connectivity index (χ4v) is 5.96. The second kappa shape index (κ2) is 9.65. The smallest absolute Gasteiger partial charge is 0.153 e. The standard InChI is InChI=1S/C27H35N3.ClH/c1-20-21(2)30(18-22-10-5-3-6-11-22)26-25(20)15-16-28-27(26)29-17-9-14-24(19-29)23-12-7-4-8-13-23;/h3,5-6,10-11,15-16,23-24H,4,7-9,12-14,17-19H2,1-2H3;1H. The third-order valence-electron chi connectivity index (χ3n) is 7.78. The lowest BCUT2D eigenvalue weighted by atomic mass is 9.76. The highest BCUT2D eigenvalue weighted by Gasteiger charge is 2.30. The molecule has 4 heteroatoms. The van der Waals surface area contributed by atoms with Gasteiger partial charge in [-0.05, 0) is 55.7 Å². The van der Waals surface area contributed by atoms with Crippen LogP contribution in [0.15, 0.2) is 42.6 Å². The summed E-state index contributed by atoms with van der Waals surface area (Å²) in [5, 5.41) is 1.37. The lowest BCUT2D eigenvalue weighted by Gasteiger charge is -2.39. The highest BCUT2D eigenvalue weighted by Crippen LogP contribution is 2.38. The maximum absolute atomic E-state index is 4.97. The van der Waals surface area contributed by atoms with Gasteiger partial charge in [-0.3, -0.25) is 0 Å². The molecular weight excluding hydrogens is 402 g/mol. The topological polar surface area (TPSA) is 21.1 Å². The minimum atomic E-state index is 0. The van der Waals surface area contributed by atoms with Crippen LogP contribution in [0.3, 0.4) is 0 Å². The number of anilines is 1. The van der Waals surface area contributed by atoms with Gasteiger partial charge in [-0.2, -0.15) is 0 Å². The fraction of sp³-hybridized carbons (Fsp3) is 0.519. The summed E-state index contributed by atoms with van der Waals surface area (Å²) >= 11 is 0. The van der Waals surface area contributed by atoms with E-state index < -0.39 is 0 Å². The Morgan fingerprint density at radius 3 is 2.42 bits per heavy atom. The largest absolute Gasteiger partial charge is 0.355 e. The van der Waals surface area contributed by atoms with Gasteiger partial charge in [-0.1, -0.05) is 62.4 Å². The molecule has 0 spiro atoms. The Balaban J connectivity index is 0.00000231.